The number of rotatable bonds is 1. The predicted octanol–water partition coefficient (Wildman–Crippen LogP) is 2.68. The van der Waals surface area contributed by atoms with Crippen molar-refractivity contribution in [2.75, 3.05) is 0 Å². The molecule has 0 aliphatic rings. The summed E-state index contributed by atoms with van der Waals surface area (Å²) in [6, 6.07) is 3.12. The van der Waals surface area contributed by atoms with Crippen molar-refractivity contribution in [2.45, 2.75) is 12.3 Å². The lowest BCUT2D eigenvalue weighted by Crippen LogP contribution is -1.89. The van der Waals surface area contributed by atoms with Crippen molar-refractivity contribution in [3.05, 3.63) is 35.7 Å². The average Bonchev–Trinajstić information content (AvgIpc) is 2.45. The van der Waals surface area contributed by atoms with Crippen LogP contribution in [-0.4, -0.2) is 9.38 Å². The summed E-state index contributed by atoms with van der Waals surface area (Å²) in [5.74, 6) is 0.585. The van der Waals surface area contributed by atoms with Crippen LogP contribution in [-0.2, 0) is 5.33 Å². The van der Waals surface area contributed by atoms with Gasteiger partial charge in [-0.15, -0.1) is 0 Å². The molecule has 0 aromatic carbocycles. The molecule has 0 amide bonds. The van der Waals surface area contributed by atoms with Crippen molar-refractivity contribution in [1.82, 2.24) is 9.38 Å². The minimum absolute atomic E-state index is 0.224. The molecule has 0 aliphatic carbocycles. The normalized spacial score (nSPS) is 11.0. The summed E-state index contributed by atoms with van der Waals surface area (Å²) in [7, 11) is 0. The Kier molecular flexibility index (Phi) is 2.07. The van der Waals surface area contributed by atoms with E-state index in [0.29, 0.717) is 10.8 Å². The van der Waals surface area contributed by atoms with Crippen molar-refractivity contribution in [2.24, 2.45) is 0 Å². The fourth-order valence-corrected chi connectivity index (χ4v) is 1.81. The summed E-state index contributed by atoms with van der Waals surface area (Å²) in [4.78, 5) is 4.25. The molecule has 0 N–H and O–H groups in total. The van der Waals surface area contributed by atoms with Crippen molar-refractivity contribution in [1.29, 1.82) is 0 Å². The highest BCUT2D eigenvalue weighted by Gasteiger charge is 2.10. The Morgan fingerprint density at radius 2 is 2.38 bits per heavy atom. The van der Waals surface area contributed by atoms with E-state index in [9.17, 15) is 4.39 Å². The van der Waals surface area contributed by atoms with Crippen LogP contribution in [0.1, 0.15) is 11.5 Å². The van der Waals surface area contributed by atoms with Gasteiger partial charge in [-0.05, 0) is 19.1 Å². The quantitative estimate of drug-likeness (QED) is 0.704. The number of halogens is 2. The van der Waals surface area contributed by atoms with Crippen molar-refractivity contribution >= 4 is 21.4 Å². The van der Waals surface area contributed by atoms with Crippen LogP contribution >= 0.6 is 15.9 Å². The molecule has 0 bridgehead atoms. The van der Waals surface area contributed by atoms with Gasteiger partial charge < -0.3 is 4.40 Å². The van der Waals surface area contributed by atoms with Gasteiger partial charge in [-0.2, -0.15) is 0 Å². The molecule has 13 heavy (non-hydrogen) atoms. The highest BCUT2D eigenvalue weighted by Crippen LogP contribution is 2.18. The van der Waals surface area contributed by atoms with Gasteiger partial charge in [0, 0.05) is 11.5 Å². The second-order valence-electron chi connectivity index (χ2n) is 2.81. The molecule has 0 spiro atoms. The van der Waals surface area contributed by atoms with Gasteiger partial charge in [0.2, 0.25) is 0 Å². The first-order valence-electron chi connectivity index (χ1n) is 3.92. The lowest BCUT2D eigenvalue weighted by molar-refractivity contribution is 0.632. The van der Waals surface area contributed by atoms with Gasteiger partial charge in [0.15, 0.2) is 0 Å². The average molecular weight is 243 g/mol. The number of aromatic nitrogens is 2. The number of hydrogen-bond donors (Lipinski definition) is 0. The second-order valence-corrected chi connectivity index (χ2v) is 3.37. The van der Waals surface area contributed by atoms with E-state index in [1.165, 1.54) is 6.07 Å². The van der Waals surface area contributed by atoms with E-state index >= 15 is 0 Å². The maximum Gasteiger partial charge on any atom is 0.149 e. The van der Waals surface area contributed by atoms with Gasteiger partial charge in [0.1, 0.15) is 17.2 Å². The molecule has 0 saturated carbocycles. The van der Waals surface area contributed by atoms with E-state index in [-0.39, 0.29) is 5.82 Å². The Hall–Kier alpha value is -0.900. The molecule has 2 rings (SSSR count). The first-order chi connectivity index (χ1) is 6.24. The van der Waals surface area contributed by atoms with Crippen LogP contribution in [0.4, 0.5) is 4.39 Å². The first kappa shape index (κ1) is 8.69. The molecule has 0 fully saturated rings. The van der Waals surface area contributed by atoms with E-state index < -0.39 is 0 Å². The molecular formula is C9H8BrFN2. The minimum Gasteiger partial charge on any atom is -0.301 e. The number of fused-ring (bicyclic) bond motifs is 1. The fraction of sp³-hybridized carbons (Fsp3) is 0.222. The molecule has 0 atom stereocenters. The van der Waals surface area contributed by atoms with E-state index in [4.69, 9.17) is 0 Å². The third-order valence-corrected chi connectivity index (χ3v) is 2.52. The highest BCUT2D eigenvalue weighted by molar-refractivity contribution is 9.08. The topological polar surface area (TPSA) is 17.3 Å². The highest BCUT2D eigenvalue weighted by atomic mass is 79.9. The van der Waals surface area contributed by atoms with E-state index in [1.54, 1.807) is 10.5 Å². The lowest BCUT2D eigenvalue weighted by Gasteiger charge is -1.96. The number of pyridine rings is 1. The van der Waals surface area contributed by atoms with Gasteiger partial charge in [-0.1, -0.05) is 15.9 Å². The Morgan fingerprint density at radius 3 is 3.08 bits per heavy atom. The maximum atomic E-state index is 13.4. The summed E-state index contributed by atoms with van der Waals surface area (Å²) < 4.78 is 15.1. The van der Waals surface area contributed by atoms with E-state index in [0.717, 1.165) is 11.5 Å². The van der Waals surface area contributed by atoms with Gasteiger partial charge in [-0.25, -0.2) is 9.37 Å². The lowest BCUT2D eigenvalue weighted by atomic mass is 10.3. The number of hydrogen-bond acceptors (Lipinski definition) is 1. The third-order valence-electron chi connectivity index (χ3n) is 1.99. The summed E-state index contributed by atoms with van der Waals surface area (Å²) in [6.45, 7) is 1.86. The molecule has 2 aromatic heterocycles. The fourth-order valence-electron chi connectivity index (χ4n) is 1.42. The van der Waals surface area contributed by atoms with Crippen LogP contribution in [0.15, 0.2) is 18.3 Å². The summed E-state index contributed by atoms with van der Waals surface area (Å²) >= 11 is 3.28. The monoisotopic (exact) mass is 242 g/mol. The van der Waals surface area contributed by atoms with Crippen molar-refractivity contribution < 1.29 is 4.39 Å². The zero-order chi connectivity index (χ0) is 9.42. The van der Waals surface area contributed by atoms with Crippen LogP contribution in [0.2, 0.25) is 0 Å². The molecule has 4 heteroatoms. The second kappa shape index (κ2) is 3.10. The Labute approximate surface area is 83.5 Å². The number of alkyl halides is 1. The summed E-state index contributed by atoms with van der Waals surface area (Å²) in [5.41, 5.74) is 1.31. The molecule has 2 heterocycles. The van der Waals surface area contributed by atoms with E-state index in [1.807, 2.05) is 13.1 Å². The van der Waals surface area contributed by atoms with Gasteiger partial charge in [0.25, 0.3) is 0 Å². The van der Waals surface area contributed by atoms with Gasteiger partial charge in [-0.3, -0.25) is 0 Å². The number of imidazole rings is 1. The Balaban J connectivity index is 2.89. The standard InChI is InChI=1S/C9H8BrFN2/c1-6-12-8(5-10)9-7(11)3-2-4-13(6)9/h2-4H,5H2,1H3. The van der Waals surface area contributed by atoms with Crippen LogP contribution in [0.25, 0.3) is 5.52 Å². The smallest absolute Gasteiger partial charge is 0.149 e. The molecule has 0 aliphatic heterocycles. The number of aryl methyl sites for hydroxylation is 1. The van der Waals surface area contributed by atoms with Crippen molar-refractivity contribution in [3.63, 3.8) is 0 Å². The van der Waals surface area contributed by atoms with Crippen molar-refractivity contribution in [3.8, 4) is 0 Å². The molecular weight excluding hydrogens is 235 g/mol. The SMILES string of the molecule is Cc1nc(CBr)c2c(F)cccn12. The van der Waals surface area contributed by atoms with Gasteiger partial charge in [0.05, 0.1) is 5.69 Å². The zero-order valence-corrected chi connectivity index (χ0v) is 8.68. The van der Waals surface area contributed by atoms with Crippen LogP contribution in [0.5, 0.6) is 0 Å². The molecule has 0 saturated heterocycles. The third kappa shape index (κ3) is 1.25. The summed E-state index contributed by atoms with van der Waals surface area (Å²) in [5, 5.41) is 0.575. The molecule has 0 unspecified atom stereocenters. The van der Waals surface area contributed by atoms with Crippen LogP contribution < -0.4 is 0 Å². The molecule has 0 radical (unpaired) electrons. The first-order valence-corrected chi connectivity index (χ1v) is 5.04. The zero-order valence-electron chi connectivity index (χ0n) is 7.09. The molecule has 2 aromatic rings. The van der Waals surface area contributed by atoms with Gasteiger partial charge >= 0.3 is 0 Å². The Morgan fingerprint density at radius 1 is 1.62 bits per heavy atom. The maximum absolute atomic E-state index is 13.4. The molecule has 2 nitrogen and oxygen atoms in total. The predicted molar refractivity (Wildman–Crippen MR) is 52.5 cm³/mol. The largest absolute Gasteiger partial charge is 0.301 e. The van der Waals surface area contributed by atoms with Crippen LogP contribution in [0, 0.1) is 12.7 Å². The Bertz CT molecular complexity index is 450. The number of nitrogens with zero attached hydrogens (tertiary/aromatic N) is 2. The molecule has 68 valence electrons. The summed E-state index contributed by atoms with van der Waals surface area (Å²) in [6.07, 6.45) is 1.81. The van der Waals surface area contributed by atoms with Crippen LogP contribution in [0.3, 0.4) is 0 Å². The van der Waals surface area contributed by atoms with E-state index in [2.05, 4.69) is 20.9 Å². The minimum atomic E-state index is -0.224.